The molecule has 0 bridgehead atoms. The number of ether oxygens (including phenoxy) is 2. The van der Waals surface area contributed by atoms with Crippen LogP contribution in [0.4, 0.5) is 24.8 Å². The van der Waals surface area contributed by atoms with Crippen LogP contribution in [0.2, 0.25) is 0 Å². The number of fused-ring (bicyclic) bond motifs is 1. The van der Waals surface area contributed by atoms with Crippen molar-refractivity contribution >= 4 is 28.4 Å². The number of halogens is 3. The maximum Gasteiger partial charge on any atom is 0.416 e. The molecule has 0 atom stereocenters. The number of hydrogen-bond donors (Lipinski definition) is 2. The summed E-state index contributed by atoms with van der Waals surface area (Å²) in [5.41, 5.74) is 6.69. The van der Waals surface area contributed by atoms with Gasteiger partial charge in [-0.2, -0.15) is 13.2 Å². The van der Waals surface area contributed by atoms with Gasteiger partial charge in [-0.3, -0.25) is 4.79 Å². The quantitative estimate of drug-likeness (QED) is 0.419. The number of rotatable bonds is 5. The number of methoxy groups -OCH3 is 2. The normalized spacial score (nSPS) is 11.3. The second kappa shape index (κ2) is 8.89. The van der Waals surface area contributed by atoms with Crippen molar-refractivity contribution in [3.8, 4) is 22.6 Å². The summed E-state index contributed by atoms with van der Waals surface area (Å²) in [5, 5.41) is 3.22. The first-order chi connectivity index (χ1) is 16.2. The Morgan fingerprint density at radius 1 is 1.03 bits per heavy atom. The topological polar surface area (TPSA) is 99.4 Å². The van der Waals surface area contributed by atoms with E-state index in [1.54, 1.807) is 30.5 Å². The van der Waals surface area contributed by atoms with Crippen molar-refractivity contribution in [1.29, 1.82) is 0 Å². The van der Waals surface area contributed by atoms with Crippen LogP contribution in [0.25, 0.3) is 22.0 Å². The van der Waals surface area contributed by atoms with Gasteiger partial charge in [0, 0.05) is 22.8 Å². The SMILES string of the molecule is COc1ccc(-c2ccc3nc(N)ncc3c2)c(OC)c1C(=O)Nc1cccc(C(F)(F)F)c1. The Hall–Kier alpha value is -4.34. The van der Waals surface area contributed by atoms with Crippen molar-refractivity contribution in [3.63, 3.8) is 0 Å². The largest absolute Gasteiger partial charge is 0.496 e. The molecule has 0 aliphatic rings. The van der Waals surface area contributed by atoms with Crippen LogP contribution < -0.4 is 20.5 Å². The van der Waals surface area contributed by atoms with E-state index in [4.69, 9.17) is 15.2 Å². The minimum absolute atomic E-state index is 0.0187. The van der Waals surface area contributed by atoms with Crippen LogP contribution in [0.3, 0.4) is 0 Å². The number of alkyl halides is 3. The van der Waals surface area contributed by atoms with Gasteiger partial charge >= 0.3 is 6.18 Å². The Morgan fingerprint density at radius 2 is 1.82 bits per heavy atom. The molecular weight excluding hydrogens is 449 g/mol. The molecule has 4 rings (SSSR count). The molecule has 3 aromatic carbocycles. The highest BCUT2D eigenvalue weighted by molar-refractivity contribution is 6.10. The third-order valence-corrected chi connectivity index (χ3v) is 5.13. The van der Waals surface area contributed by atoms with E-state index < -0.39 is 17.6 Å². The zero-order chi connectivity index (χ0) is 24.5. The Balaban J connectivity index is 1.78. The third-order valence-electron chi connectivity index (χ3n) is 5.13. The van der Waals surface area contributed by atoms with E-state index in [0.717, 1.165) is 17.5 Å². The average molecular weight is 468 g/mol. The highest BCUT2D eigenvalue weighted by Crippen LogP contribution is 2.40. The molecule has 1 aromatic heterocycles. The third kappa shape index (κ3) is 4.42. The predicted octanol–water partition coefficient (Wildman–Crippen LogP) is 5.17. The zero-order valence-electron chi connectivity index (χ0n) is 18.1. The van der Waals surface area contributed by atoms with Crippen molar-refractivity contribution in [2.45, 2.75) is 6.18 Å². The van der Waals surface area contributed by atoms with Crippen LogP contribution in [-0.2, 0) is 6.18 Å². The lowest BCUT2D eigenvalue weighted by Gasteiger charge is -2.17. The van der Waals surface area contributed by atoms with Crippen molar-refractivity contribution in [3.05, 3.63) is 71.9 Å². The summed E-state index contributed by atoms with van der Waals surface area (Å²) >= 11 is 0. The van der Waals surface area contributed by atoms with Crippen LogP contribution in [-0.4, -0.2) is 30.1 Å². The van der Waals surface area contributed by atoms with Crippen molar-refractivity contribution in [1.82, 2.24) is 9.97 Å². The van der Waals surface area contributed by atoms with Crippen molar-refractivity contribution in [2.75, 3.05) is 25.3 Å². The molecule has 1 amide bonds. The Bertz CT molecular complexity index is 1390. The van der Waals surface area contributed by atoms with Crippen molar-refractivity contribution < 1.29 is 27.4 Å². The van der Waals surface area contributed by atoms with Gasteiger partial charge in [0.2, 0.25) is 5.95 Å². The van der Waals surface area contributed by atoms with Gasteiger partial charge in [0.1, 0.15) is 17.1 Å². The molecule has 0 aliphatic heterocycles. The second-order valence-corrected chi connectivity index (χ2v) is 7.26. The van der Waals surface area contributed by atoms with Gasteiger partial charge in [0.15, 0.2) is 0 Å². The smallest absolute Gasteiger partial charge is 0.416 e. The maximum atomic E-state index is 13.2. The number of hydrogen-bond acceptors (Lipinski definition) is 6. The number of nitrogens with zero attached hydrogens (tertiary/aromatic N) is 2. The predicted molar refractivity (Wildman–Crippen MR) is 122 cm³/mol. The molecule has 174 valence electrons. The van der Waals surface area contributed by atoms with E-state index in [1.165, 1.54) is 26.4 Å². The van der Waals surface area contributed by atoms with E-state index in [1.807, 2.05) is 6.07 Å². The summed E-state index contributed by atoms with van der Waals surface area (Å²) in [6.07, 6.45) is -2.96. The summed E-state index contributed by atoms with van der Waals surface area (Å²) in [6, 6.07) is 13.0. The zero-order valence-corrected chi connectivity index (χ0v) is 18.1. The summed E-state index contributed by atoms with van der Waals surface area (Å²) in [5.74, 6) is -0.149. The van der Waals surface area contributed by atoms with E-state index in [2.05, 4.69) is 15.3 Å². The number of nitrogens with two attached hydrogens (primary N) is 1. The van der Waals surface area contributed by atoms with Crippen LogP contribution >= 0.6 is 0 Å². The fourth-order valence-corrected chi connectivity index (χ4v) is 3.57. The molecule has 4 aromatic rings. The molecule has 0 unspecified atom stereocenters. The lowest BCUT2D eigenvalue weighted by Crippen LogP contribution is -2.16. The highest BCUT2D eigenvalue weighted by atomic mass is 19.4. The van der Waals surface area contributed by atoms with Gasteiger partial charge in [-0.1, -0.05) is 12.1 Å². The minimum atomic E-state index is -4.54. The molecular formula is C24H19F3N4O3. The van der Waals surface area contributed by atoms with Crippen LogP contribution in [0.1, 0.15) is 15.9 Å². The van der Waals surface area contributed by atoms with Crippen molar-refractivity contribution in [2.24, 2.45) is 0 Å². The molecule has 0 saturated heterocycles. The number of benzene rings is 3. The summed E-state index contributed by atoms with van der Waals surface area (Å²) in [6.45, 7) is 0. The molecule has 0 aliphatic carbocycles. The Labute approximate surface area is 192 Å². The average Bonchev–Trinajstić information content (AvgIpc) is 2.82. The molecule has 3 N–H and O–H groups in total. The first-order valence-corrected chi connectivity index (χ1v) is 9.97. The van der Waals surface area contributed by atoms with Gasteiger partial charge < -0.3 is 20.5 Å². The minimum Gasteiger partial charge on any atom is -0.496 e. The van der Waals surface area contributed by atoms with Gasteiger partial charge in [-0.25, -0.2) is 9.97 Å². The standard InChI is InChI=1S/C24H19F3N4O3/c1-33-19-9-7-17(13-6-8-18-14(10-13)12-29-23(28)31-18)21(34-2)20(19)22(32)30-16-5-3-4-15(11-16)24(25,26)27/h3-12H,1-2H3,(H,30,32)(H2,28,29,31). The van der Waals surface area contributed by atoms with E-state index in [0.29, 0.717) is 16.6 Å². The van der Waals surface area contributed by atoms with Gasteiger partial charge in [0.25, 0.3) is 5.91 Å². The maximum absolute atomic E-state index is 13.2. The molecule has 1 heterocycles. The number of amides is 1. The molecule has 0 fully saturated rings. The molecule has 34 heavy (non-hydrogen) atoms. The first kappa shape index (κ1) is 22.8. The van der Waals surface area contributed by atoms with Crippen LogP contribution in [0.5, 0.6) is 11.5 Å². The van der Waals surface area contributed by atoms with Gasteiger partial charge in [0.05, 0.1) is 25.3 Å². The lowest BCUT2D eigenvalue weighted by molar-refractivity contribution is -0.137. The fraction of sp³-hybridized carbons (Fsp3) is 0.125. The highest BCUT2D eigenvalue weighted by Gasteiger charge is 2.31. The Kier molecular flexibility index (Phi) is 5.97. The molecule has 10 heteroatoms. The number of anilines is 2. The number of carbonyl (C=O) groups is 1. The summed E-state index contributed by atoms with van der Waals surface area (Å²) in [7, 11) is 2.78. The number of aromatic nitrogens is 2. The molecule has 0 radical (unpaired) electrons. The first-order valence-electron chi connectivity index (χ1n) is 9.97. The van der Waals surface area contributed by atoms with E-state index >= 15 is 0 Å². The molecule has 7 nitrogen and oxygen atoms in total. The summed E-state index contributed by atoms with van der Waals surface area (Å²) in [4.78, 5) is 21.4. The molecule has 0 spiro atoms. The lowest BCUT2D eigenvalue weighted by atomic mass is 9.98. The monoisotopic (exact) mass is 468 g/mol. The molecule has 0 saturated carbocycles. The number of carbonyl (C=O) groups excluding carboxylic acids is 1. The van der Waals surface area contributed by atoms with Crippen LogP contribution in [0, 0.1) is 0 Å². The Morgan fingerprint density at radius 3 is 2.53 bits per heavy atom. The fourth-order valence-electron chi connectivity index (χ4n) is 3.57. The van der Waals surface area contributed by atoms with Gasteiger partial charge in [-0.15, -0.1) is 0 Å². The van der Waals surface area contributed by atoms with E-state index in [-0.39, 0.29) is 28.7 Å². The van der Waals surface area contributed by atoms with Gasteiger partial charge in [-0.05, 0) is 48.0 Å². The summed E-state index contributed by atoms with van der Waals surface area (Å²) < 4.78 is 50.1. The number of nitrogen functional groups attached to an aromatic ring is 1. The van der Waals surface area contributed by atoms with Crippen LogP contribution in [0.15, 0.2) is 60.8 Å². The van der Waals surface area contributed by atoms with E-state index in [9.17, 15) is 18.0 Å². The number of nitrogens with one attached hydrogen (secondary N) is 1. The second-order valence-electron chi connectivity index (χ2n) is 7.26.